The van der Waals surface area contributed by atoms with Gasteiger partial charge in [0.15, 0.2) is 0 Å². The maximum absolute atomic E-state index is 13.2. The van der Waals surface area contributed by atoms with Crippen molar-refractivity contribution in [2.75, 3.05) is 33.5 Å². The van der Waals surface area contributed by atoms with Crippen LogP contribution in [0.2, 0.25) is 5.15 Å². The second-order valence-corrected chi connectivity index (χ2v) is 8.54. The molecular formula is C24H24ClN5O5. The monoisotopic (exact) mass is 497 g/mol. The second-order valence-electron chi connectivity index (χ2n) is 8.15. The zero-order chi connectivity index (χ0) is 25.1. The van der Waals surface area contributed by atoms with E-state index in [-0.39, 0.29) is 52.5 Å². The minimum atomic E-state index is -0.774. The van der Waals surface area contributed by atoms with Crippen LogP contribution in [0.5, 0.6) is 0 Å². The molecule has 1 atom stereocenters. The molecule has 1 fully saturated rings. The van der Waals surface area contributed by atoms with Crippen LogP contribution in [0.3, 0.4) is 0 Å². The molecule has 35 heavy (non-hydrogen) atoms. The van der Waals surface area contributed by atoms with Crippen molar-refractivity contribution in [3.63, 3.8) is 0 Å². The molecule has 2 N–H and O–H groups in total. The molecule has 3 aromatic rings. The topological polar surface area (TPSA) is 125 Å². The zero-order valence-corrected chi connectivity index (χ0v) is 20.0. The van der Waals surface area contributed by atoms with Gasteiger partial charge in [-0.25, -0.2) is 4.98 Å². The molecule has 0 unspecified atom stereocenters. The van der Waals surface area contributed by atoms with E-state index in [9.17, 15) is 19.2 Å². The number of benzene rings is 1. The maximum atomic E-state index is 13.2. The number of nitrogens with one attached hydrogen (secondary N) is 2. The van der Waals surface area contributed by atoms with Crippen molar-refractivity contribution in [3.8, 4) is 0 Å². The molecule has 1 aromatic carbocycles. The molecule has 0 spiro atoms. The molecular weight excluding hydrogens is 474 g/mol. The molecule has 0 saturated carbocycles. The van der Waals surface area contributed by atoms with Gasteiger partial charge in [-0.3, -0.25) is 19.2 Å². The summed E-state index contributed by atoms with van der Waals surface area (Å²) in [4.78, 5) is 61.7. The van der Waals surface area contributed by atoms with Crippen LogP contribution in [0.4, 0.5) is 0 Å². The first-order valence-corrected chi connectivity index (χ1v) is 11.3. The van der Waals surface area contributed by atoms with E-state index in [1.165, 1.54) is 24.3 Å². The number of piperazine rings is 1. The molecule has 11 heteroatoms. The number of ketones is 1. The fraction of sp³-hybridized carbons (Fsp3) is 0.292. The van der Waals surface area contributed by atoms with Crippen molar-refractivity contribution in [3.05, 3.63) is 64.4 Å². The first kappa shape index (κ1) is 24.4. The third kappa shape index (κ3) is 4.89. The summed E-state index contributed by atoms with van der Waals surface area (Å²) in [6.45, 7) is 2.60. The minimum Gasteiger partial charge on any atom is -0.364 e. The molecule has 0 radical (unpaired) electrons. The number of aromatic amines is 1. The zero-order valence-electron chi connectivity index (χ0n) is 19.2. The smallest absolute Gasteiger partial charge is 0.295 e. The van der Waals surface area contributed by atoms with Crippen LogP contribution < -0.4 is 5.32 Å². The van der Waals surface area contributed by atoms with Gasteiger partial charge in [0.25, 0.3) is 23.5 Å². The van der Waals surface area contributed by atoms with Crippen molar-refractivity contribution in [2.45, 2.75) is 13.0 Å². The van der Waals surface area contributed by atoms with Crippen molar-refractivity contribution < 1.29 is 23.9 Å². The molecule has 1 aliphatic rings. The van der Waals surface area contributed by atoms with E-state index < -0.39 is 17.6 Å². The molecule has 0 bridgehead atoms. The summed E-state index contributed by atoms with van der Waals surface area (Å²) in [7, 11) is 1.44. The molecule has 2 aromatic heterocycles. The number of pyridine rings is 1. The van der Waals surface area contributed by atoms with Crippen LogP contribution in [-0.4, -0.2) is 82.8 Å². The van der Waals surface area contributed by atoms with Gasteiger partial charge in [-0.1, -0.05) is 29.8 Å². The number of Topliss-reactive ketones (excluding diaryl/α,β-unsaturated/α-hetero) is 1. The van der Waals surface area contributed by atoms with E-state index in [1.807, 2.05) is 6.07 Å². The normalized spacial score (nSPS) is 15.8. The standard InChI is InChI=1S/C24H24ClN5O5/c1-14-12-29(23(33)15-6-4-3-5-7-15)8-9-30(14)24(34)21(31)17-11-26-19-16(22(32)27-13-35-2)10-18(25)28-20(17)19/h3-7,10-11,14,26H,8-9,12-13H2,1-2H3,(H,27,32)/t14-/m1/s1. The number of amides is 3. The Morgan fingerprint density at radius 2 is 1.91 bits per heavy atom. The number of H-pyrrole nitrogens is 1. The van der Waals surface area contributed by atoms with Gasteiger partial charge in [0.05, 0.1) is 16.6 Å². The minimum absolute atomic E-state index is 0.00238. The average Bonchev–Trinajstić information content (AvgIpc) is 3.29. The summed E-state index contributed by atoms with van der Waals surface area (Å²) >= 11 is 6.10. The Labute approximate surface area is 206 Å². The molecule has 182 valence electrons. The number of carbonyl (C=O) groups is 4. The summed E-state index contributed by atoms with van der Waals surface area (Å²) in [6, 6.07) is 9.91. The van der Waals surface area contributed by atoms with Gasteiger partial charge in [-0.2, -0.15) is 0 Å². The third-order valence-electron chi connectivity index (χ3n) is 5.86. The quantitative estimate of drug-likeness (QED) is 0.232. The first-order chi connectivity index (χ1) is 16.8. The third-order valence-corrected chi connectivity index (χ3v) is 6.05. The predicted molar refractivity (Wildman–Crippen MR) is 128 cm³/mol. The van der Waals surface area contributed by atoms with Gasteiger partial charge in [-0.05, 0) is 25.1 Å². The van der Waals surface area contributed by atoms with Gasteiger partial charge in [0.1, 0.15) is 17.4 Å². The van der Waals surface area contributed by atoms with Gasteiger partial charge >= 0.3 is 0 Å². The van der Waals surface area contributed by atoms with Crippen molar-refractivity contribution in [1.29, 1.82) is 0 Å². The van der Waals surface area contributed by atoms with Crippen LogP contribution >= 0.6 is 11.6 Å². The maximum Gasteiger partial charge on any atom is 0.295 e. The van der Waals surface area contributed by atoms with E-state index >= 15 is 0 Å². The van der Waals surface area contributed by atoms with Crippen LogP contribution in [-0.2, 0) is 9.53 Å². The lowest BCUT2D eigenvalue weighted by atomic mass is 10.1. The highest BCUT2D eigenvalue weighted by molar-refractivity contribution is 6.45. The fourth-order valence-corrected chi connectivity index (χ4v) is 4.30. The van der Waals surface area contributed by atoms with Gasteiger partial charge in [-0.15, -0.1) is 0 Å². The number of hydrogen-bond acceptors (Lipinski definition) is 6. The van der Waals surface area contributed by atoms with Gasteiger partial charge < -0.3 is 24.8 Å². The molecule has 0 aliphatic carbocycles. The lowest BCUT2D eigenvalue weighted by Gasteiger charge is -2.39. The van der Waals surface area contributed by atoms with Gasteiger partial charge in [0.2, 0.25) is 0 Å². The Bertz CT molecular complexity index is 1290. The van der Waals surface area contributed by atoms with E-state index in [2.05, 4.69) is 15.3 Å². The highest BCUT2D eigenvalue weighted by atomic mass is 35.5. The second kappa shape index (κ2) is 10.2. The van der Waals surface area contributed by atoms with Gasteiger partial charge in [0, 0.05) is 44.5 Å². The Morgan fingerprint density at radius 3 is 2.60 bits per heavy atom. The summed E-state index contributed by atoms with van der Waals surface area (Å²) in [5.74, 6) is -2.08. The van der Waals surface area contributed by atoms with E-state index in [4.69, 9.17) is 16.3 Å². The molecule has 1 aliphatic heterocycles. The number of carbonyl (C=O) groups excluding carboxylic acids is 4. The molecule has 1 saturated heterocycles. The van der Waals surface area contributed by atoms with Crippen molar-refractivity contribution >= 4 is 46.1 Å². The number of rotatable bonds is 6. The molecule has 3 amide bonds. The SMILES string of the molecule is COCNC(=O)c1cc(Cl)nc2c(C(=O)C(=O)N3CCN(C(=O)c4ccccc4)C[C@H]3C)c[nH]c12. The Morgan fingerprint density at radius 1 is 1.17 bits per heavy atom. The van der Waals surface area contributed by atoms with Crippen LogP contribution in [0.15, 0.2) is 42.6 Å². The van der Waals surface area contributed by atoms with E-state index in [0.717, 1.165) is 0 Å². The highest BCUT2D eigenvalue weighted by Gasteiger charge is 2.34. The summed E-state index contributed by atoms with van der Waals surface area (Å²) in [5, 5.41) is 2.55. The van der Waals surface area contributed by atoms with Crippen molar-refractivity contribution in [1.82, 2.24) is 25.1 Å². The Hall–Kier alpha value is -3.76. The summed E-state index contributed by atoms with van der Waals surface area (Å²) in [6.07, 6.45) is 1.35. The van der Waals surface area contributed by atoms with E-state index in [1.54, 1.807) is 36.1 Å². The Balaban J connectivity index is 1.52. The number of halogens is 1. The lowest BCUT2D eigenvalue weighted by molar-refractivity contribution is -0.130. The number of fused-ring (bicyclic) bond motifs is 1. The number of ether oxygens (including phenoxy) is 1. The summed E-state index contributed by atoms with van der Waals surface area (Å²) in [5.41, 5.74) is 1.17. The molecule has 10 nitrogen and oxygen atoms in total. The van der Waals surface area contributed by atoms with Crippen molar-refractivity contribution in [2.24, 2.45) is 0 Å². The van der Waals surface area contributed by atoms with Crippen LogP contribution in [0, 0.1) is 0 Å². The number of nitrogens with zero attached hydrogens (tertiary/aromatic N) is 3. The molecule has 4 rings (SSSR count). The molecule has 3 heterocycles. The number of hydrogen-bond donors (Lipinski definition) is 2. The van der Waals surface area contributed by atoms with E-state index in [0.29, 0.717) is 18.7 Å². The number of methoxy groups -OCH3 is 1. The number of aromatic nitrogens is 2. The Kier molecular flexibility index (Phi) is 7.13. The van der Waals surface area contributed by atoms with Crippen LogP contribution in [0.25, 0.3) is 11.0 Å². The average molecular weight is 498 g/mol. The largest absolute Gasteiger partial charge is 0.364 e. The lowest BCUT2D eigenvalue weighted by Crippen LogP contribution is -2.56. The fourth-order valence-electron chi connectivity index (χ4n) is 4.11. The predicted octanol–water partition coefficient (Wildman–Crippen LogP) is 2.11. The first-order valence-electron chi connectivity index (χ1n) is 11.0. The highest BCUT2D eigenvalue weighted by Crippen LogP contribution is 2.25. The van der Waals surface area contributed by atoms with Crippen LogP contribution in [0.1, 0.15) is 38.0 Å². The summed E-state index contributed by atoms with van der Waals surface area (Å²) < 4.78 is 4.86.